The molecule has 2 aliphatic rings. The van der Waals surface area contributed by atoms with Crippen LogP contribution in [0.3, 0.4) is 0 Å². The second-order valence-corrected chi connectivity index (χ2v) is 8.87. The minimum atomic E-state index is -0.461. The van der Waals surface area contributed by atoms with Crippen LogP contribution in [0.1, 0.15) is 68.6 Å². The van der Waals surface area contributed by atoms with E-state index in [9.17, 15) is 14.4 Å². The normalized spacial score (nSPS) is 20.0. The lowest BCUT2D eigenvalue weighted by Crippen LogP contribution is -2.46. The van der Waals surface area contributed by atoms with E-state index >= 15 is 0 Å². The monoisotopic (exact) mass is 423 g/mol. The van der Waals surface area contributed by atoms with E-state index in [1.807, 2.05) is 33.7 Å². The van der Waals surface area contributed by atoms with Gasteiger partial charge in [-0.15, -0.1) is 0 Å². The topological polar surface area (TPSA) is 62.6 Å². The molecule has 1 atom stereocenters. The van der Waals surface area contributed by atoms with Gasteiger partial charge in [0.25, 0.3) is 11.7 Å². The van der Waals surface area contributed by atoms with Gasteiger partial charge in [0.2, 0.25) is 5.91 Å². The van der Waals surface area contributed by atoms with E-state index in [0.717, 1.165) is 62.5 Å². The number of carbonyl (C=O) groups is 3. The quantitative estimate of drug-likeness (QED) is 0.539. The van der Waals surface area contributed by atoms with Crippen molar-refractivity contribution in [3.05, 3.63) is 36.0 Å². The minimum Gasteiger partial charge on any atom is -0.341 e. The summed E-state index contributed by atoms with van der Waals surface area (Å²) in [6.07, 6.45) is 10.0. The zero-order chi connectivity index (χ0) is 21.8. The lowest BCUT2D eigenvalue weighted by molar-refractivity contribution is -0.131. The SMILES string of the molecule is CCC1CCCCN1C(=O)C(=O)c1cn(CC(=O)N2CCCCCC2)c2ccccc12. The number of ketones is 1. The van der Waals surface area contributed by atoms with Crippen molar-refractivity contribution >= 4 is 28.5 Å². The average Bonchev–Trinajstić information content (AvgIpc) is 2.97. The van der Waals surface area contributed by atoms with Gasteiger partial charge in [0.05, 0.1) is 5.56 Å². The maximum Gasteiger partial charge on any atom is 0.295 e. The molecule has 2 saturated heterocycles. The maximum atomic E-state index is 13.3. The highest BCUT2D eigenvalue weighted by atomic mass is 16.2. The predicted octanol–water partition coefficient (Wildman–Crippen LogP) is 4.02. The first-order chi connectivity index (χ1) is 15.1. The molecule has 4 rings (SSSR count). The number of piperidine rings is 1. The molecule has 0 aliphatic carbocycles. The minimum absolute atomic E-state index is 0.0788. The van der Waals surface area contributed by atoms with Gasteiger partial charge in [-0.2, -0.15) is 0 Å². The van der Waals surface area contributed by atoms with Crippen molar-refractivity contribution in [3.8, 4) is 0 Å². The molecule has 1 aromatic carbocycles. The lowest BCUT2D eigenvalue weighted by atomic mass is 9.98. The molecule has 0 N–H and O–H groups in total. The Morgan fingerprint density at radius 2 is 1.65 bits per heavy atom. The van der Waals surface area contributed by atoms with Crippen LogP contribution in [0.15, 0.2) is 30.5 Å². The van der Waals surface area contributed by atoms with Crippen molar-refractivity contribution in [1.82, 2.24) is 14.4 Å². The van der Waals surface area contributed by atoms with Gasteiger partial charge in [-0.25, -0.2) is 0 Å². The molecule has 0 bridgehead atoms. The van der Waals surface area contributed by atoms with Crippen LogP contribution in [0.2, 0.25) is 0 Å². The van der Waals surface area contributed by atoms with Crippen LogP contribution in [-0.2, 0) is 16.1 Å². The smallest absolute Gasteiger partial charge is 0.295 e. The van der Waals surface area contributed by atoms with Crippen LogP contribution >= 0.6 is 0 Å². The molecule has 3 heterocycles. The van der Waals surface area contributed by atoms with E-state index in [4.69, 9.17) is 0 Å². The van der Waals surface area contributed by atoms with Crippen LogP contribution in [0.4, 0.5) is 0 Å². The van der Waals surface area contributed by atoms with Crippen molar-refractivity contribution < 1.29 is 14.4 Å². The number of fused-ring (bicyclic) bond motifs is 1. The summed E-state index contributed by atoms with van der Waals surface area (Å²) in [4.78, 5) is 43.0. The zero-order valence-corrected chi connectivity index (χ0v) is 18.5. The average molecular weight is 424 g/mol. The molecular formula is C25H33N3O3. The van der Waals surface area contributed by atoms with Gasteiger partial charge < -0.3 is 14.4 Å². The number of para-hydroxylation sites is 1. The third-order valence-electron chi connectivity index (χ3n) is 6.85. The molecule has 166 valence electrons. The number of Topliss-reactive ketones (excluding diaryl/α,β-unsaturated/α-hetero) is 1. The predicted molar refractivity (Wildman–Crippen MR) is 121 cm³/mol. The summed E-state index contributed by atoms with van der Waals surface area (Å²) in [7, 11) is 0. The number of benzene rings is 1. The van der Waals surface area contributed by atoms with Gasteiger partial charge in [0.1, 0.15) is 6.54 Å². The molecule has 6 nitrogen and oxygen atoms in total. The van der Waals surface area contributed by atoms with E-state index in [0.29, 0.717) is 12.1 Å². The second-order valence-electron chi connectivity index (χ2n) is 8.87. The van der Waals surface area contributed by atoms with Crippen LogP contribution in [0.5, 0.6) is 0 Å². The molecule has 1 aromatic heterocycles. The summed E-state index contributed by atoms with van der Waals surface area (Å²) in [5.74, 6) is -0.791. The van der Waals surface area contributed by atoms with Crippen LogP contribution in [-0.4, -0.2) is 57.6 Å². The Bertz CT molecular complexity index is 956. The molecule has 2 amide bonds. The Morgan fingerprint density at radius 3 is 2.39 bits per heavy atom. The van der Waals surface area contributed by atoms with Crippen LogP contribution < -0.4 is 0 Å². The van der Waals surface area contributed by atoms with Crippen LogP contribution in [0.25, 0.3) is 10.9 Å². The number of rotatable bonds is 5. The Balaban J connectivity index is 1.59. The van der Waals surface area contributed by atoms with Gasteiger partial charge in [0, 0.05) is 42.8 Å². The molecular weight excluding hydrogens is 390 g/mol. The number of hydrogen-bond donors (Lipinski definition) is 0. The number of likely N-dealkylation sites (tertiary alicyclic amines) is 2. The molecule has 6 heteroatoms. The third-order valence-corrected chi connectivity index (χ3v) is 6.85. The molecule has 0 radical (unpaired) electrons. The summed E-state index contributed by atoms with van der Waals surface area (Å²) in [6, 6.07) is 7.71. The molecule has 2 fully saturated rings. The lowest BCUT2D eigenvalue weighted by Gasteiger charge is -2.34. The number of amides is 2. The zero-order valence-electron chi connectivity index (χ0n) is 18.5. The fraction of sp³-hybridized carbons (Fsp3) is 0.560. The van der Waals surface area contributed by atoms with Gasteiger partial charge >= 0.3 is 0 Å². The summed E-state index contributed by atoms with van der Waals surface area (Å²) < 4.78 is 1.84. The number of hydrogen-bond acceptors (Lipinski definition) is 3. The number of nitrogens with zero attached hydrogens (tertiary/aromatic N) is 3. The summed E-state index contributed by atoms with van der Waals surface area (Å²) in [5.41, 5.74) is 1.23. The fourth-order valence-corrected chi connectivity index (χ4v) is 5.06. The highest BCUT2D eigenvalue weighted by Crippen LogP contribution is 2.25. The van der Waals surface area contributed by atoms with Crippen molar-refractivity contribution in [2.75, 3.05) is 19.6 Å². The molecule has 2 aliphatic heterocycles. The van der Waals surface area contributed by atoms with Crippen molar-refractivity contribution in [3.63, 3.8) is 0 Å². The van der Waals surface area contributed by atoms with Gasteiger partial charge in [0.15, 0.2) is 0 Å². The van der Waals surface area contributed by atoms with Crippen molar-refractivity contribution in [2.45, 2.75) is 70.9 Å². The first-order valence-electron chi connectivity index (χ1n) is 11.8. The molecule has 1 unspecified atom stereocenters. The Labute approximate surface area is 184 Å². The summed E-state index contributed by atoms with van der Waals surface area (Å²) >= 11 is 0. The Hall–Kier alpha value is -2.63. The molecule has 0 spiro atoms. The van der Waals surface area contributed by atoms with E-state index in [1.54, 1.807) is 11.1 Å². The van der Waals surface area contributed by atoms with Gasteiger partial charge in [-0.05, 0) is 44.6 Å². The Kier molecular flexibility index (Phi) is 6.73. The number of carbonyl (C=O) groups excluding carboxylic acids is 3. The summed E-state index contributed by atoms with van der Waals surface area (Å²) in [6.45, 7) is 4.52. The fourth-order valence-electron chi connectivity index (χ4n) is 5.06. The van der Waals surface area contributed by atoms with E-state index in [1.165, 1.54) is 12.8 Å². The third kappa shape index (κ3) is 4.53. The maximum absolute atomic E-state index is 13.3. The molecule has 0 saturated carbocycles. The van der Waals surface area contributed by atoms with E-state index < -0.39 is 11.7 Å². The van der Waals surface area contributed by atoms with Gasteiger partial charge in [-0.1, -0.05) is 38.0 Å². The first-order valence-corrected chi connectivity index (χ1v) is 11.8. The van der Waals surface area contributed by atoms with E-state index in [-0.39, 0.29) is 18.5 Å². The molecule has 31 heavy (non-hydrogen) atoms. The Morgan fingerprint density at radius 1 is 0.935 bits per heavy atom. The van der Waals surface area contributed by atoms with Crippen LogP contribution in [0, 0.1) is 0 Å². The highest BCUT2D eigenvalue weighted by Gasteiger charge is 2.32. The standard InChI is InChI=1S/C25H33N3O3/c1-2-19-11-7-10-16-28(19)25(31)24(30)21-17-27(22-13-6-5-12-20(21)22)18-23(29)26-14-8-3-4-9-15-26/h5-6,12-13,17,19H,2-4,7-11,14-16,18H2,1H3. The first kappa shape index (κ1) is 21.6. The molecule has 2 aromatic rings. The van der Waals surface area contributed by atoms with Gasteiger partial charge in [-0.3, -0.25) is 14.4 Å². The highest BCUT2D eigenvalue weighted by molar-refractivity contribution is 6.45. The summed E-state index contributed by atoms with van der Waals surface area (Å²) in [5, 5.41) is 0.745. The van der Waals surface area contributed by atoms with Crippen molar-refractivity contribution in [1.29, 1.82) is 0 Å². The van der Waals surface area contributed by atoms with E-state index in [2.05, 4.69) is 6.92 Å². The van der Waals surface area contributed by atoms with Crippen molar-refractivity contribution in [2.24, 2.45) is 0 Å². The largest absolute Gasteiger partial charge is 0.341 e. The second kappa shape index (κ2) is 9.67. The number of aromatic nitrogens is 1.